The van der Waals surface area contributed by atoms with Crippen LogP contribution < -0.4 is 0 Å². The Bertz CT molecular complexity index is 504. The molecule has 0 saturated carbocycles. The molecule has 1 aromatic rings. The maximum atomic E-state index is 11.6. The van der Waals surface area contributed by atoms with Crippen LogP contribution in [-0.4, -0.2) is 72.5 Å². The predicted octanol–water partition coefficient (Wildman–Crippen LogP) is 2.17. The van der Waals surface area contributed by atoms with Crippen molar-refractivity contribution in [1.29, 1.82) is 0 Å². The van der Waals surface area contributed by atoms with Crippen LogP contribution in [0.25, 0.3) is 0 Å². The summed E-state index contributed by atoms with van der Waals surface area (Å²) in [7, 11) is 0. The Morgan fingerprint density at radius 3 is 2.87 bits per heavy atom. The molecular formula is C18H29N3OS. The Kier molecular flexibility index (Phi) is 5.72. The lowest BCUT2D eigenvalue weighted by Gasteiger charge is -2.30. The van der Waals surface area contributed by atoms with Crippen molar-refractivity contribution < 1.29 is 4.79 Å². The van der Waals surface area contributed by atoms with Crippen LogP contribution in [-0.2, 0) is 11.2 Å². The Morgan fingerprint density at radius 2 is 2.13 bits per heavy atom. The third-order valence-corrected chi connectivity index (χ3v) is 6.28. The maximum Gasteiger partial charge on any atom is 0.219 e. The SMILES string of the molecule is CC(=O)N1CCCN([C@@H]2CN(CCc3cccs3)C[C@@H]2C)CC1. The van der Waals surface area contributed by atoms with Crippen molar-refractivity contribution in [3.63, 3.8) is 0 Å². The Morgan fingerprint density at radius 1 is 1.26 bits per heavy atom. The molecule has 4 nitrogen and oxygen atoms in total. The average molecular weight is 336 g/mol. The standard InChI is InChI=1S/C18H29N3OS/c1-15-13-19(9-6-17-5-3-12-23-17)14-18(15)21-8-4-7-20(10-11-21)16(2)22/h3,5,12,15,18H,4,6-11,13-14H2,1-2H3/t15-,18+/m0/s1. The number of hydrogen-bond donors (Lipinski definition) is 0. The van der Waals surface area contributed by atoms with Gasteiger partial charge in [0, 0.05) is 63.7 Å². The first kappa shape index (κ1) is 16.9. The lowest BCUT2D eigenvalue weighted by Crippen LogP contribution is -2.43. The fourth-order valence-corrected chi connectivity index (χ4v) is 4.71. The van der Waals surface area contributed by atoms with Gasteiger partial charge in [-0.3, -0.25) is 9.69 Å². The van der Waals surface area contributed by atoms with Gasteiger partial charge in [-0.05, 0) is 30.2 Å². The van der Waals surface area contributed by atoms with Gasteiger partial charge in [0.25, 0.3) is 0 Å². The molecule has 0 aromatic carbocycles. The highest BCUT2D eigenvalue weighted by atomic mass is 32.1. The van der Waals surface area contributed by atoms with Crippen LogP contribution in [0.4, 0.5) is 0 Å². The minimum atomic E-state index is 0.226. The fourth-order valence-electron chi connectivity index (χ4n) is 4.01. The number of hydrogen-bond acceptors (Lipinski definition) is 4. The van der Waals surface area contributed by atoms with Gasteiger partial charge in [-0.25, -0.2) is 0 Å². The van der Waals surface area contributed by atoms with Gasteiger partial charge < -0.3 is 9.80 Å². The Labute approximate surface area is 144 Å². The van der Waals surface area contributed by atoms with E-state index in [-0.39, 0.29) is 5.91 Å². The molecule has 2 aliphatic rings. The van der Waals surface area contributed by atoms with Crippen molar-refractivity contribution in [3.8, 4) is 0 Å². The average Bonchev–Trinajstić information content (AvgIpc) is 3.09. The lowest BCUT2D eigenvalue weighted by atomic mass is 10.0. The fraction of sp³-hybridized carbons (Fsp3) is 0.722. The monoisotopic (exact) mass is 335 g/mol. The number of likely N-dealkylation sites (tertiary alicyclic amines) is 1. The Balaban J connectivity index is 1.51. The lowest BCUT2D eigenvalue weighted by molar-refractivity contribution is -0.128. The minimum Gasteiger partial charge on any atom is -0.342 e. The minimum absolute atomic E-state index is 0.226. The first-order valence-corrected chi connectivity index (χ1v) is 9.76. The molecule has 128 valence electrons. The van der Waals surface area contributed by atoms with Crippen molar-refractivity contribution in [1.82, 2.24) is 14.7 Å². The molecule has 0 spiro atoms. The van der Waals surface area contributed by atoms with E-state index in [1.54, 1.807) is 6.92 Å². The van der Waals surface area contributed by atoms with E-state index >= 15 is 0 Å². The molecule has 2 fully saturated rings. The van der Waals surface area contributed by atoms with Crippen LogP contribution in [0.1, 0.15) is 25.1 Å². The molecule has 0 N–H and O–H groups in total. The smallest absolute Gasteiger partial charge is 0.219 e. The summed E-state index contributed by atoms with van der Waals surface area (Å²) < 4.78 is 0. The van der Waals surface area contributed by atoms with E-state index in [1.807, 2.05) is 16.2 Å². The molecule has 2 saturated heterocycles. The van der Waals surface area contributed by atoms with Gasteiger partial charge in [0.05, 0.1) is 0 Å². The first-order chi connectivity index (χ1) is 11.1. The molecule has 5 heteroatoms. The zero-order valence-electron chi connectivity index (χ0n) is 14.4. The third kappa shape index (κ3) is 4.34. The van der Waals surface area contributed by atoms with Crippen LogP contribution in [0.2, 0.25) is 0 Å². The molecule has 0 unspecified atom stereocenters. The van der Waals surface area contributed by atoms with Crippen molar-refractivity contribution >= 4 is 17.2 Å². The first-order valence-electron chi connectivity index (χ1n) is 8.88. The van der Waals surface area contributed by atoms with Crippen molar-refractivity contribution in [2.24, 2.45) is 5.92 Å². The molecule has 2 atom stereocenters. The van der Waals surface area contributed by atoms with Gasteiger partial charge in [0.15, 0.2) is 0 Å². The van der Waals surface area contributed by atoms with Gasteiger partial charge >= 0.3 is 0 Å². The van der Waals surface area contributed by atoms with E-state index in [2.05, 4.69) is 34.2 Å². The van der Waals surface area contributed by atoms with Gasteiger partial charge in [-0.1, -0.05) is 13.0 Å². The highest BCUT2D eigenvalue weighted by Gasteiger charge is 2.34. The van der Waals surface area contributed by atoms with E-state index in [4.69, 9.17) is 0 Å². The molecule has 1 amide bonds. The molecule has 0 aliphatic carbocycles. The van der Waals surface area contributed by atoms with Crippen LogP contribution in [0.3, 0.4) is 0 Å². The molecular weight excluding hydrogens is 306 g/mol. The van der Waals surface area contributed by atoms with Crippen LogP contribution >= 0.6 is 11.3 Å². The molecule has 0 radical (unpaired) electrons. The van der Waals surface area contributed by atoms with Gasteiger partial charge in [-0.15, -0.1) is 11.3 Å². The molecule has 23 heavy (non-hydrogen) atoms. The summed E-state index contributed by atoms with van der Waals surface area (Å²) in [5.74, 6) is 0.950. The van der Waals surface area contributed by atoms with E-state index in [1.165, 1.54) is 30.9 Å². The summed E-state index contributed by atoms with van der Waals surface area (Å²) in [6.45, 7) is 11.7. The second kappa shape index (κ2) is 7.77. The number of nitrogens with zero attached hydrogens (tertiary/aromatic N) is 3. The summed E-state index contributed by atoms with van der Waals surface area (Å²) in [5, 5.41) is 2.17. The molecule has 3 heterocycles. The van der Waals surface area contributed by atoms with Crippen LogP contribution in [0.15, 0.2) is 17.5 Å². The largest absolute Gasteiger partial charge is 0.342 e. The van der Waals surface area contributed by atoms with Crippen LogP contribution in [0, 0.1) is 5.92 Å². The zero-order valence-corrected chi connectivity index (χ0v) is 15.2. The summed E-state index contributed by atoms with van der Waals surface area (Å²) in [5.41, 5.74) is 0. The second-order valence-corrected chi connectivity index (χ2v) is 8.06. The normalized spacial score (nSPS) is 27.3. The number of amides is 1. The summed E-state index contributed by atoms with van der Waals surface area (Å²) in [6, 6.07) is 5.05. The summed E-state index contributed by atoms with van der Waals surface area (Å²) in [6.07, 6.45) is 2.28. The van der Waals surface area contributed by atoms with Gasteiger partial charge in [-0.2, -0.15) is 0 Å². The Hall–Kier alpha value is -0.910. The number of carbonyl (C=O) groups excluding carboxylic acids is 1. The van der Waals surface area contributed by atoms with Crippen LogP contribution in [0.5, 0.6) is 0 Å². The van der Waals surface area contributed by atoms with Crippen molar-refractivity contribution in [3.05, 3.63) is 22.4 Å². The van der Waals surface area contributed by atoms with E-state index < -0.39 is 0 Å². The molecule has 0 bridgehead atoms. The maximum absolute atomic E-state index is 11.6. The van der Waals surface area contributed by atoms with E-state index in [0.29, 0.717) is 6.04 Å². The van der Waals surface area contributed by atoms with E-state index in [0.717, 1.165) is 38.5 Å². The van der Waals surface area contributed by atoms with Gasteiger partial charge in [0.2, 0.25) is 5.91 Å². The number of rotatable bonds is 4. The second-order valence-electron chi connectivity index (χ2n) is 7.03. The zero-order chi connectivity index (χ0) is 16.2. The summed E-state index contributed by atoms with van der Waals surface area (Å²) >= 11 is 1.87. The van der Waals surface area contributed by atoms with E-state index in [9.17, 15) is 4.79 Å². The summed E-state index contributed by atoms with van der Waals surface area (Å²) in [4.78, 5) is 20.4. The molecule has 2 aliphatic heterocycles. The number of thiophene rings is 1. The topological polar surface area (TPSA) is 26.8 Å². The molecule has 1 aromatic heterocycles. The van der Waals surface area contributed by atoms with Gasteiger partial charge in [0.1, 0.15) is 0 Å². The highest BCUT2D eigenvalue weighted by Crippen LogP contribution is 2.23. The molecule has 3 rings (SSSR count). The van der Waals surface area contributed by atoms with Crippen molar-refractivity contribution in [2.45, 2.75) is 32.7 Å². The highest BCUT2D eigenvalue weighted by molar-refractivity contribution is 7.09. The predicted molar refractivity (Wildman–Crippen MR) is 95.9 cm³/mol. The third-order valence-electron chi connectivity index (χ3n) is 5.35. The number of carbonyl (C=O) groups is 1. The quantitative estimate of drug-likeness (QED) is 0.844. The van der Waals surface area contributed by atoms with Crippen molar-refractivity contribution in [2.75, 3.05) is 45.8 Å².